The summed E-state index contributed by atoms with van der Waals surface area (Å²) >= 11 is 0. The number of ether oxygens (including phenoxy) is 4. The molecule has 0 bridgehead atoms. The number of unbranched alkanes of at least 4 members (excludes halogenated alkanes) is 32. The van der Waals surface area contributed by atoms with Crippen LogP contribution in [0, 0.1) is 0 Å². The van der Waals surface area contributed by atoms with E-state index in [4.69, 9.17) is 18.9 Å². The van der Waals surface area contributed by atoms with E-state index in [1.54, 1.807) is 0 Å². The van der Waals surface area contributed by atoms with Gasteiger partial charge in [-0.05, 0) is 96.3 Å². The lowest BCUT2D eigenvalue weighted by Gasteiger charge is -2.46. The molecule has 2 saturated heterocycles. The first kappa shape index (κ1) is 93.2. The van der Waals surface area contributed by atoms with Gasteiger partial charge in [-0.2, -0.15) is 0 Å². The number of aliphatic hydroxyl groups is 8. The lowest BCUT2D eigenvalue weighted by molar-refractivity contribution is -0.359. The number of rotatable bonds is 67. The molecule has 0 aromatic carbocycles. The van der Waals surface area contributed by atoms with Crippen molar-refractivity contribution >= 4 is 5.91 Å². The van der Waals surface area contributed by atoms with Gasteiger partial charge in [0.1, 0.15) is 48.8 Å². The van der Waals surface area contributed by atoms with E-state index in [9.17, 15) is 45.6 Å². The van der Waals surface area contributed by atoms with Crippen LogP contribution in [0.5, 0.6) is 0 Å². The van der Waals surface area contributed by atoms with Crippen molar-refractivity contribution in [1.82, 2.24) is 5.32 Å². The maximum atomic E-state index is 13.4. The average molecular weight is 1420 g/mol. The van der Waals surface area contributed by atoms with Crippen molar-refractivity contribution < 1.29 is 64.6 Å². The Bertz CT molecular complexity index is 2220. The standard InChI is InChI=1S/C87H149NO13/c1-3-5-7-9-11-13-15-17-19-21-23-25-27-29-31-32-33-34-35-36-37-38-39-40-41-42-43-44-45-47-49-51-53-55-57-59-61-63-65-67-69-71-79(92)88-75(74-98-86-84(97)82(95)85(78(73-90)100-86)101-87-83(96)81(94)80(93)77(72-89)99-87)76(91)70-68-66-64-62-60-58-56-54-52-50-48-46-30-28-26-24-22-20-18-16-14-12-10-8-6-4-2/h5,7,11,13,17,19,23,25,29,31,33-34,36-37,39-40,42-43,45,47,51,53,75-78,80-87,89-91,93-97H,3-4,6,8-10,12,14-16,18,20-22,24,26-28,30,32,35,38,41,44,46,48-50,52,54-74H2,1-2H3,(H,88,92)/b7-5-,13-11-,19-17-,25-23-,31-29-,34-33-,37-36-,40-39-,43-42-,47-45-,53-51-. The quantitative estimate of drug-likeness (QED) is 0.0204. The summed E-state index contributed by atoms with van der Waals surface area (Å²) in [6, 6.07) is -0.846. The number of allylic oxidation sites excluding steroid dienone is 22. The zero-order valence-electron chi connectivity index (χ0n) is 63.6. The van der Waals surface area contributed by atoms with Gasteiger partial charge in [0.2, 0.25) is 5.91 Å². The molecule has 0 aromatic rings. The summed E-state index contributed by atoms with van der Waals surface area (Å²) in [4.78, 5) is 13.4. The molecule has 2 aliphatic rings. The first-order valence-electron chi connectivity index (χ1n) is 40.9. The zero-order valence-corrected chi connectivity index (χ0v) is 63.6. The molecule has 0 aromatic heterocycles. The van der Waals surface area contributed by atoms with Crippen LogP contribution in [0.2, 0.25) is 0 Å². The molecule has 580 valence electrons. The Morgan fingerprint density at radius 2 is 0.683 bits per heavy atom. The molecule has 101 heavy (non-hydrogen) atoms. The van der Waals surface area contributed by atoms with Crippen LogP contribution in [0.25, 0.3) is 0 Å². The van der Waals surface area contributed by atoms with Crippen LogP contribution < -0.4 is 5.32 Å². The largest absolute Gasteiger partial charge is 0.394 e. The van der Waals surface area contributed by atoms with Gasteiger partial charge in [-0.25, -0.2) is 0 Å². The molecule has 2 fully saturated rings. The van der Waals surface area contributed by atoms with Crippen LogP contribution in [0.15, 0.2) is 134 Å². The normalized spacial score (nSPS) is 22.5. The molecule has 1 amide bonds. The summed E-state index contributed by atoms with van der Waals surface area (Å²) in [7, 11) is 0. The molecule has 2 aliphatic heterocycles. The third kappa shape index (κ3) is 51.9. The van der Waals surface area contributed by atoms with Gasteiger partial charge in [0.05, 0.1) is 32.0 Å². The molecule has 2 heterocycles. The molecule has 12 unspecified atom stereocenters. The van der Waals surface area contributed by atoms with Gasteiger partial charge in [0.15, 0.2) is 12.6 Å². The highest BCUT2D eigenvalue weighted by atomic mass is 16.7. The minimum Gasteiger partial charge on any atom is -0.394 e. The topological polar surface area (TPSA) is 228 Å². The van der Waals surface area contributed by atoms with Crippen LogP contribution in [0.4, 0.5) is 0 Å². The summed E-state index contributed by atoms with van der Waals surface area (Å²) in [6.07, 6.45) is 86.2. The van der Waals surface area contributed by atoms with Gasteiger partial charge >= 0.3 is 0 Å². The van der Waals surface area contributed by atoms with Gasteiger partial charge in [-0.15, -0.1) is 0 Å². The summed E-state index contributed by atoms with van der Waals surface area (Å²) in [5.74, 6) is -0.219. The van der Waals surface area contributed by atoms with E-state index in [-0.39, 0.29) is 18.9 Å². The highest BCUT2D eigenvalue weighted by molar-refractivity contribution is 5.76. The van der Waals surface area contributed by atoms with Crippen LogP contribution in [0.3, 0.4) is 0 Å². The van der Waals surface area contributed by atoms with E-state index in [2.05, 4.69) is 153 Å². The van der Waals surface area contributed by atoms with Crippen molar-refractivity contribution in [3.05, 3.63) is 134 Å². The van der Waals surface area contributed by atoms with Crippen molar-refractivity contribution in [3.8, 4) is 0 Å². The van der Waals surface area contributed by atoms with Gasteiger partial charge in [-0.3, -0.25) is 4.79 Å². The Hall–Kier alpha value is -3.87. The van der Waals surface area contributed by atoms with E-state index < -0.39 is 86.8 Å². The van der Waals surface area contributed by atoms with E-state index in [1.807, 2.05) is 0 Å². The third-order valence-electron chi connectivity index (χ3n) is 19.1. The molecule has 12 atom stereocenters. The summed E-state index contributed by atoms with van der Waals surface area (Å²) in [5.41, 5.74) is 0. The minimum absolute atomic E-state index is 0.219. The van der Waals surface area contributed by atoms with Crippen molar-refractivity contribution in [1.29, 1.82) is 0 Å². The second-order valence-electron chi connectivity index (χ2n) is 28.2. The Morgan fingerprint density at radius 1 is 0.366 bits per heavy atom. The van der Waals surface area contributed by atoms with E-state index in [1.165, 1.54) is 148 Å². The first-order chi connectivity index (χ1) is 49.6. The highest BCUT2D eigenvalue weighted by Crippen LogP contribution is 2.30. The maximum Gasteiger partial charge on any atom is 0.220 e. The van der Waals surface area contributed by atoms with Crippen molar-refractivity contribution in [2.45, 2.75) is 389 Å². The Balaban J connectivity index is 1.62. The molecule has 0 aliphatic carbocycles. The second kappa shape index (κ2) is 69.2. The zero-order chi connectivity index (χ0) is 73.0. The summed E-state index contributed by atoms with van der Waals surface area (Å²) in [5, 5.41) is 87.9. The fraction of sp³-hybridized carbons (Fsp3) is 0.736. The molecule has 0 spiro atoms. The molecule has 0 radical (unpaired) electrons. The predicted molar refractivity (Wildman–Crippen MR) is 419 cm³/mol. The first-order valence-corrected chi connectivity index (χ1v) is 40.9. The minimum atomic E-state index is -1.79. The predicted octanol–water partition coefficient (Wildman–Crippen LogP) is 19.0. The van der Waals surface area contributed by atoms with Gasteiger partial charge in [-0.1, -0.05) is 347 Å². The number of carbonyl (C=O) groups excluding carboxylic acids is 1. The number of carbonyl (C=O) groups is 1. The SMILES string of the molecule is CC/C=C\C/C=C\C/C=C\C/C=C\C/C=C\C/C=C\C/C=C\C/C=C\C/C=C\C/C=C\C/C=C\CCCCCCCCCC(=O)NC(COC1OC(CO)C(OC2OC(CO)C(O)C(O)C2O)C(O)C1O)C(O)CCCCCCCCCCCCCCCCCCCCCCCCCCCC. The smallest absolute Gasteiger partial charge is 0.220 e. The average Bonchev–Trinajstić information content (AvgIpc) is 0.792. The molecule has 9 N–H and O–H groups in total. The Morgan fingerprint density at radius 3 is 1.05 bits per heavy atom. The number of hydrogen-bond acceptors (Lipinski definition) is 13. The van der Waals surface area contributed by atoms with Crippen molar-refractivity contribution in [2.24, 2.45) is 0 Å². The van der Waals surface area contributed by atoms with E-state index >= 15 is 0 Å². The Kier molecular flexibility index (Phi) is 63.9. The Labute approximate surface area is 615 Å². The highest BCUT2D eigenvalue weighted by Gasteiger charge is 2.51. The van der Waals surface area contributed by atoms with Gasteiger partial charge in [0, 0.05) is 6.42 Å². The number of aliphatic hydroxyl groups excluding tert-OH is 8. The van der Waals surface area contributed by atoms with E-state index in [0.29, 0.717) is 12.8 Å². The van der Waals surface area contributed by atoms with Crippen molar-refractivity contribution in [3.63, 3.8) is 0 Å². The summed E-state index contributed by atoms with van der Waals surface area (Å²) < 4.78 is 23.0. The van der Waals surface area contributed by atoms with Crippen LogP contribution >= 0.6 is 0 Å². The number of amides is 1. The van der Waals surface area contributed by atoms with Gasteiger partial charge < -0.3 is 65.1 Å². The molecule has 14 nitrogen and oxygen atoms in total. The molecular weight excluding hydrogens is 1270 g/mol. The summed E-state index contributed by atoms with van der Waals surface area (Å²) in [6.45, 7) is 2.77. The maximum absolute atomic E-state index is 13.4. The van der Waals surface area contributed by atoms with Crippen LogP contribution in [-0.2, 0) is 23.7 Å². The lowest BCUT2D eigenvalue weighted by Crippen LogP contribution is -2.65. The third-order valence-corrected chi connectivity index (χ3v) is 19.1. The fourth-order valence-corrected chi connectivity index (χ4v) is 12.7. The number of hydrogen-bond donors (Lipinski definition) is 9. The number of nitrogens with one attached hydrogen (secondary N) is 1. The van der Waals surface area contributed by atoms with E-state index in [0.717, 1.165) is 135 Å². The molecule has 0 saturated carbocycles. The van der Waals surface area contributed by atoms with Crippen LogP contribution in [-0.4, -0.2) is 140 Å². The van der Waals surface area contributed by atoms with Crippen LogP contribution in [0.1, 0.15) is 316 Å². The van der Waals surface area contributed by atoms with Crippen molar-refractivity contribution in [2.75, 3.05) is 19.8 Å². The molecule has 14 heteroatoms. The molecular formula is C87H149NO13. The molecule has 2 rings (SSSR count). The fourth-order valence-electron chi connectivity index (χ4n) is 12.7. The second-order valence-corrected chi connectivity index (χ2v) is 28.2. The van der Waals surface area contributed by atoms with Gasteiger partial charge in [0.25, 0.3) is 0 Å². The monoisotopic (exact) mass is 1420 g/mol. The lowest BCUT2D eigenvalue weighted by atomic mass is 9.97.